The Balaban J connectivity index is 1.44. The molecule has 0 aliphatic heterocycles. The molecule has 2 heterocycles. The van der Waals surface area contributed by atoms with Crippen molar-refractivity contribution in [2.45, 2.75) is 44.7 Å². The Bertz CT molecular complexity index is 2950. The summed E-state index contributed by atoms with van der Waals surface area (Å²) in [5.74, 6) is -0.619. The van der Waals surface area contributed by atoms with Crippen molar-refractivity contribution in [3.8, 4) is 11.5 Å². The van der Waals surface area contributed by atoms with Crippen molar-refractivity contribution < 1.29 is 28.9 Å². The Labute approximate surface area is 361 Å². The fraction of sp³-hybridized carbons (Fsp3) is 0.184. The average molecular weight is 849 g/mol. The lowest BCUT2D eigenvalue weighted by molar-refractivity contribution is -0.113. The van der Waals surface area contributed by atoms with E-state index in [4.69, 9.17) is 14.2 Å². The fourth-order valence-electron chi connectivity index (χ4n) is 7.52. The highest BCUT2D eigenvalue weighted by atomic mass is 16.5. The van der Waals surface area contributed by atoms with E-state index in [2.05, 4.69) is 0 Å². The van der Waals surface area contributed by atoms with Crippen molar-refractivity contribution in [2.24, 2.45) is 0 Å². The van der Waals surface area contributed by atoms with E-state index in [1.807, 2.05) is 30.3 Å². The SMILES string of the molecule is COc1ccc(C(O[C@H](Cn2cc(C)c(=O)n(C(=O)c3ccccc3)c2=O)[C@H](O)Cn2cc(C)c(=O)n(C(=O)c3ccccc3)c2=O)(c2ccccc2)c2ccc(OC)cc2)cc1. The molecule has 14 heteroatoms. The molecule has 0 aliphatic rings. The van der Waals surface area contributed by atoms with E-state index in [1.165, 1.54) is 64.7 Å². The number of nitrogens with zero attached hydrogens (tertiary/aromatic N) is 4. The van der Waals surface area contributed by atoms with Crippen molar-refractivity contribution in [3.05, 3.63) is 233 Å². The van der Waals surface area contributed by atoms with E-state index in [0.29, 0.717) is 37.3 Å². The summed E-state index contributed by atoms with van der Waals surface area (Å²) in [6, 6.07) is 39.1. The minimum Gasteiger partial charge on any atom is -0.497 e. The summed E-state index contributed by atoms with van der Waals surface area (Å²) in [5.41, 5.74) is -3.26. The fourth-order valence-corrected chi connectivity index (χ4v) is 7.52. The summed E-state index contributed by atoms with van der Waals surface area (Å²) in [6.45, 7) is 1.88. The molecule has 2 aromatic heterocycles. The molecule has 0 fully saturated rings. The normalized spacial score (nSPS) is 12.3. The zero-order valence-corrected chi connectivity index (χ0v) is 34.9. The molecule has 0 unspecified atom stereocenters. The number of rotatable bonds is 14. The minimum atomic E-state index is -1.68. The number of benzene rings is 5. The predicted molar refractivity (Wildman–Crippen MR) is 235 cm³/mol. The maximum atomic E-state index is 14.4. The van der Waals surface area contributed by atoms with Gasteiger partial charge in [0.15, 0.2) is 0 Å². The molecule has 0 saturated heterocycles. The molecule has 0 saturated carbocycles. The summed E-state index contributed by atoms with van der Waals surface area (Å²) >= 11 is 0. The second-order valence-corrected chi connectivity index (χ2v) is 14.8. The molecule has 0 aliphatic carbocycles. The minimum absolute atomic E-state index is 0.0389. The van der Waals surface area contributed by atoms with Crippen LogP contribution in [0.1, 0.15) is 48.5 Å². The molecular weight excluding hydrogens is 805 g/mol. The van der Waals surface area contributed by atoms with Crippen LogP contribution in [-0.2, 0) is 23.4 Å². The van der Waals surface area contributed by atoms with E-state index in [-0.39, 0.29) is 22.3 Å². The Morgan fingerprint density at radius 3 is 1.30 bits per heavy atom. The monoisotopic (exact) mass is 848 g/mol. The summed E-state index contributed by atoms with van der Waals surface area (Å²) < 4.78 is 21.5. The highest BCUT2D eigenvalue weighted by Gasteiger charge is 2.42. The van der Waals surface area contributed by atoms with Gasteiger partial charge in [-0.15, -0.1) is 0 Å². The van der Waals surface area contributed by atoms with E-state index in [9.17, 15) is 33.9 Å². The maximum absolute atomic E-state index is 14.4. The van der Waals surface area contributed by atoms with Gasteiger partial charge >= 0.3 is 11.4 Å². The van der Waals surface area contributed by atoms with E-state index in [0.717, 1.165) is 9.13 Å². The first-order chi connectivity index (χ1) is 30.4. The molecule has 14 nitrogen and oxygen atoms in total. The first-order valence-electron chi connectivity index (χ1n) is 19.9. The lowest BCUT2D eigenvalue weighted by Crippen LogP contribution is -2.51. The standard InChI is InChI=1S/C49H44N4O10/c1-32-28-50(47(59)52(43(32)55)45(57)34-14-8-5-9-15-34)30-41(54)42(31-51-29-33(2)44(56)53(48(51)60)46(58)35-16-10-6-11-17-35)63-49(36-18-12-7-13-19-36,37-20-24-39(61-3)25-21-37)38-22-26-40(62-4)27-23-38/h5-29,41-42,54H,30-31H2,1-4H3/t41-,42-/m1/s1. The topological polar surface area (TPSA) is 170 Å². The molecule has 63 heavy (non-hydrogen) atoms. The third kappa shape index (κ3) is 8.62. The highest BCUT2D eigenvalue weighted by Crippen LogP contribution is 2.43. The molecule has 0 spiro atoms. The molecule has 5 aromatic carbocycles. The quantitative estimate of drug-likeness (QED) is 0.150. The number of methoxy groups -OCH3 is 2. The Morgan fingerprint density at radius 1 is 0.540 bits per heavy atom. The van der Waals surface area contributed by atoms with Crippen LogP contribution >= 0.6 is 0 Å². The smallest absolute Gasteiger partial charge is 0.338 e. The molecule has 0 bridgehead atoms. The Hall–Kier alpha value is -7.68. The van der Waals surface area contributed by atoms with E-state index >= 15 is 0 Å². The van der Waals surface area contributed by atoms with Gasteiger partial charge in [-0.05, 0) is 79.1 Å². The molecule has 320 valence electrons. The first-order valence-corrected chi connectivity index (χ1v) is 19.9. The van der Waals surface area contributed by atoms with Crippen molar-refractivity contribution in [1.82, 2.24) is 18.3 Å². The zero-order chi connectivity index (χ0) is 44.8. The third-order valence-corrected chi connectivity index (χ3v) is 10.8. The summed E-state index contributed by atoms with van der Waals surface area (Å²) in [5, 5.41) is 12.5. The number of carbonyl (C=O) groups excluding carboxylic acids is 2. The molecule has 7 aromatic rings. The Kier molecular flexibility index (Phi) is 12.8. The molecule has 2 atom stereocenters. The summed E-state index contributed by atoms with van der Waals surface area (Å²) in [7, 11) is 3.07. The van der Waals surface area contributed by atoms with E-state index < -0.39 is 65.2 Å². The lowest BCUT2D eigenvalue weighted by Gasteiger charge is -2.40. The number of carbonyl (C=O) groups is 2. The van der Waals surface area contributed by atoms with Crippen molar-refractivity contribution in [2.75, 3.05) is 14.2 Å². The van der Waals surface area contributed by atoms with Gasteiger partial charge in [0.1, 0.15) is 23.2 Å². The molecule has 0 radical (unpaired) electrons. The van der Waals surface area contributed by atoms with Crippen LogP contribution < -0.4 is 32.0 Å². The number of aromatic nitrogens is 4. The first kappa shape index (κ1) is 43.4. The van der Waals surface area contributed by atoms with Gasteiger partial charge in [-0.25, -0.2) is 9.59 Å². The van der Waals surface area contributed by atoms with Crippen LogP contribution in [0.2, 0.25) is 0 Å². The third-order valence-electron chi connectivity index (χ3n) is 10.8. The number of aryl methyl sites for hydroxylation is 2. The predicted octanol–water partition coefficient (Wildman–Crippen LogP) is 4.78. The van der Waals surface area contributed by atoms with Gasteiger partial charge < -0.3 is 19.3 Å². The summed E-state index contributed by atoms with van der Waals surface area (Å²) in [4.78, 5) is 82.9. The van der Waals surface area contributed by atoms with Gasteiger partial charge in [0.05, 0.1) is 33.4 Å². The second-order valence-electron chi connectivity index (χ2n) is 14.8. The second kappa shape index (κ2) is 18.5. The van der Waals surface area contributed by atoms with Crippen LogP contribution in [0.25, 0.3) is 0 Å². The van der Waals surface area contributed by atoms with Crippen LogP contribution in [0.5, 0.6) is 11.5 Å². The van der Waals surface area contributed by atoms with Crippen LogP contribution in [0, 0.1) is 13.8 Å². The van der Waals surface area contributed by atoms with Gasteiger partial charge in [0, 0.05) is 34.6 Å². The number of aliphatic hydroxyl groups is 1. The van der Waals surface area contributed by atoms with Gasteiger partial charge in [-0.1, -0.05) is 91.0 Å². The zero-order valence-electron chi connectivity index (χ0n) is 34.9. The van der Waals surface area contributed by atoms with E-state index in [1.54, 1.807) is 84.9 Å². The van der Waals surface area contributed by atoms with Crippen molar-refractivity contribution in [3.63, 3.8) is 0 Å². The van der Waals surface area contributed by atoms with Crippen molar-refractivity contribution in [1.29, 1.82) is 0 Å². The van der Waals surface area contributed by atoms with Crippen LogP contribution in [0.3, 0.4) is 0 Å². The highest BCUT2D eigenvalue weighted by molar-refractivity contribution is 5.96. The van der Waals surface area contributed by atoms with Gasteiger partial charge in [0.2, 0.25) is 0 Å². The molecule has 0 amide bonds. The van der Waals surface area contributed by atoms with Gasteiger partial charge in [0.25, 0.3) is 22.9 Å². The number of ether oxygens (including phenoxy) is 3. The molecule has 1 N–H and O–H groups in total. The number of hydrogen-bond donors (Lipinski definition) is 1. The van der Waals surface area contributed by atoms with Crippen LogP contribution in [0.15, 0.2) is 171 Å². The number of aliphatic hydroxyl groups excluding tert-OH is 1. The van der Waals surface area contributed by atoms with Crippen molar-refractivity contribution >= 4 is 11.8 Å². The lowest BCUT2D eigenvalue weighted by atomic mass is 9.79. The largest absolute Gasteiger partial charge is 0.497 e. The maximum Gasteiger partial charge on any atom is 0.338 e. The van der Waals surface area contributed by atoms with Crippen LogP contribution in [-0.4, -0.2) is 61.6 Å². The van der Waals surface area contributed by atoms with Crippen LogP contribution in [0.4, 0.5) is 0 Å². The van der Waals surface area contributed by atoms with Gasteiger partial charge in [-0.2, -0.15) is 9.13 Å². The summed E-state index contributed by atoms with van der Waals surface area (Å²) in [6.07, 6.45) is -0.618. The number of hydrogen-bond acceptors (Lipinski definition) is 10. The Morgan fingerprint density at radius 2 is 0.905 bits per heavy atom. The molecular formula is C49H44N4O10. The average Bonchev–Trinajstić information content (AvgIpc) is 3.32. The van der Waals surface area contributed by atoms with Gasteiger partial charge in [-0.3, -0.25) is 28.3 Å². The molecule has 7 rings (SSSR count).